The average Bonchev–Trinajstić information content (AvgIpc) is 3.11. The third-order valence-electron chi connectivity index (χ3n) is 6.11. The molecule has 3 aromatic rings. The highest BCUT2D eigenvalue weighted by Gasteiger charge is 2.26. The van der Waals surface area contributed by atoms with Crippen molar-refractivity contribution < 1.29 is 9.80 Å². The minimum Gasteiger partial charge on any atom is -0.322 e. The predicted molar refractivity (Wildman–Crippen MR) is 111 cm³/mol. The molecular formula is C21H30N6O2+2. The Morgan fingerprint density at radius 3 is 2.17 bits per heavy atom. The van der Waals surface area contributed by atoms with Crippen molar-refractivity contribution in [1.82, 2.24) is 18.7 Å². The van der Waals surface area contributed by atoms with Gasteiger partial charge in [0, 0.05) is 26.2 Å². The third kappa shape index (κ3) is 3.65. The Bertz CT molecular complexity index is 1120. The fourth-order valence-corrected chi connectivity index (χ4v) is 4.39. The molecule has 0 radical (unpaired) electrons. The maximum atomic E-state index is 12.7. The second kappa shape index (κ2) is 7.96. The molecule has 0 spiro atoms. The van der Waals surface area contributed by atoms with E-state index in [0.717, 1.165) is 45.1 Å². The number of imidazole rings is 1. The van der Waals surface area contributed by atoms with Gasteiger partial charge in [0.15, 0.2) is 17.0 Å². The van der Waals surface area contributed by atoms with Crippen LogP contribution in [0.2, 0.25) is 0 Å². The summed E-state index contributed by atoms with van der Waals surface area (Å²) in [6.45, 7) is 8.92. The zero-order valence-corrected chi connectivity index (χ0v) is 17.4. The molecule has 0 bridgehead atoms. The van der Waals surface area contributed by atoms with Gasteiger partial charge in [-0.15, -0.1) is 0 Å². The van der Waals surface area contributed by atoms with Crippen LogP contribution in [0.4, 0.5) is 0 Å². The summed E-state index contributed by atoms with van der Waals surface area (Å²) in [5.41, 5.74) is 1.80. The maximum absolute atomic E-state index is 12.7. The summed E-state index contributed by atoms with van der Waals surface area (Å²) in [7, 11) is 3.20. The molecule has 29 heavy (non-hydrogen) atoms. The van der Waals surface area contributed by atoms with Crippen molar-refractivity contribution in [3.8, 4) is 0 Å². The Morgan fingerprint density at radius 2 is 1.55 bits per heavy atom. The quantitative estimate of drug-likeness (QED) is 0.519. The molecule has 1 saturated heterocycles. The van der Waals surface area contributed by atoms with E-state index in [0.29, 0.717) is 17.7 Å². The van der Waals surface area contributed by atoms with E-state index in [1.165, 1.54) is 26.6 Å². The molecule has 2 aromatic heterocycles. The standard InChI is InChI=1S/C21H28N6O2/c1-4-27-17(22-19-18(27)20(28)24(3)21(29)23(19)2)15-26-12-10-25(11-13-26)14-16-8-6-5-7-9-16/h5-9H,4,10-15H2,1-3H3/p+2. The fraction of sp³-hybridized carbons (Fsp3) is 0.476. The summed E-state index contributed by atoms with van der Waals surface area (Å²) in [4.78, 5) is 32.7. The van der Waals surface area contributed by atoms with Crippen LogP contribution in [-0.2, 0) is 33.7 Å². The lowest BCUT2D eigenvalue weighted by Gasteiger charge is -2.29. The third-order valence-corrected chi connectivity index (χ3v) is 6.11. The second-order valence-corrected chi connectivity index (χ2v) is 7.99. The number of rotatable bonds is 5. The number of benzene rings is 1. The molecule has 2 N–H and O–H groups in total. The number of aryl methyl sites for hydroxylation is 2. The number of hydrogen-bond donors (Lipinski definition) is 2. The average molecular weight is 399 g/mol. The van der Waals surface area contributed by atoms with Crippen LogP contribution in [0.3, 0.4) is 0 Å². The van der Waals surface area contributed by atoms with E-state index < -0.39 is 0 Å². The van der Waals surface area contributed by atoms with Gasteiger partial charge in [0.25, 0.3) is 5.56 Å². The number of nitrogens with one attached hydrogen (secondary N) is 2. The van der Waals surface area contributed by atoms with E-state index in [2.05, 4.69) is 30.3 Å². The van der Waals surface area contributed by atoms with Crippen LogP contribution < -0.4 is 21.0 Å². The number of piperazine rings is 1. The Kier molecular flexibility index (Phi) is 5.38. The molecule has 1 aliphatic heterocycles. The largest absolute Gasteiger partial charge is 0.332 e. The van der Waals surface area contributed by atoms with Gasteiger partial charge in [0.05, 0.1) is 0 Å². The first-order chi connectivity index (χ1) is 14.0. The van der Waals surface area contributed by atoms with E-state index in [-0.39, 0.29) is 11.2 Å². The van der Waals surface area contributed by atoms with Gasteiger partial charge in [-0.25, -0.2) is 9.78 Å². The predicted octanol–water partition coefficient (Wildman–Crippen LogP) is -2.06. The highest BCUT2D eigenvalue weighted by atomic mass is 16.2. The van der Waals surface area contributed by atoms with Crippen molar-refractivity contribution in [3.63, 3.8) is 0 Å². The van der Waals surface area contributed by atoms with E-state index in [4.69, 9.17) is 4.98 Å². The molecular weight excluding hydrogens is 368 g/mol. The molecule has 0 saturated carbocycles. The first-order valence-corrected chi connectivity index (χ1v) is 10.4. The second-order valence-electron chi connectivity index (χ2n) is 7.99. The molecule has 1 aromatic carbocycles. The summed E-state index contributed by atoms with van der Waals surface area (Å²) in [5.74, 6) is 0.891. The first-order valence-electron chi connectivity index (χ1n) is 10.4. The van der Waals surface area contributed by atoms with E-state index in [1.807, 2.05) is 11.5 Å². The summed E-state index contributed by atoms with van der Waals surface area (Å²) in [5, 5.41) is 0. The normalized spacial score (nSPS) is 19.7. The Hall–Kier alpha value is -2.71. The topological polar surface area (TPSA) is 70.7 Å². The summed E-state index contributed by atoms with van der Waals surface area (Å²) >= 11 is 0. The summed E-state index contributed by atoms with van der Waals surface area (Å²) in [6, 6.07) is 10.7. The number of quaternary nitrogens is 2. The molecule has 3 heterocycles. The number of nitrogens with zero attached hydrogens (tertiary/aromatic N) is 4. The van der Waals surface area contributed by atoms with Crippen LogP contribution in [0.15, 0.2) is 39.9 Å². The van der Waals surface area contributed by atoms with Crippen molar-refractivity contribution in [2.45, 2.75) is 26.6 Å². The lowest BCUT2D eigenvalue weighted by molar-refractivity contribution is -1.02. The van der Waals surface area contributed by atoms with Crippen molar-refractivity contribution in [3.05, 3.63) is 62.6 Å². The lowest BCUT2D eigenvalue weighted by atomic mass is 10.2. The fourth-order valence-electron chi connectivity index (χ4n) is 4.39. The van der Waals surface area contributed by atoms with Crippen molar-refractivity contribution in [2.24, 2.45) is 14.1 Å². The molecule has 0 aliphatic carbocycles. The van der Waals surface area contributed by atoms with Gasteiger partial charge in [0.2, 0.25) is 0 Å². The van der Waals surface area contributed by atoms with Crippen molar-refractivity contribution in [1.29, 1.82) is 0 Å². The molecule has 0 unspecified atom stereocenters. The zero-order chi connectivity index (χ0) is 20.5. The smallest absolute Gasteiger partial charge is 0.322 e. The molecule has 1 aliphatic rings. The molecule has 0 amide bonds. The van der Waals surface area contributed by atoms with E-state index in [9.17, 15) is 9.59 Å². The minimum absolute atomic E-state index is 0.268. The van der Waals surface area contributed by atoms with Crippen molar-refractivity contribution >= 4 is 11.2 Å². The van der Waals surface area contributed by atoms with E-state index in [1.54, 1.807) is 11.9 Å². The Morgan fingerprint density at radius 1 is 0.931 bits per heavy atom. The summed E-state index contributed by atoms with van der Waals surface area (Å²) < 4.78 is 4.62. The minimum atomic E-state index is -0.333. The number of hydrogen-bond acceptors (Lipinski definition) is 3. The van der Waals surface area contributed by atoms with Gasteiger partial charge in [0.1, 0.15) is 39.3 Å². The van der Waals surface area contributed by atoms with Gasteiger partial charge in [-0.2, -0.15) is 0 Å². The SMILES string of the molecule is CCn1c(C[NH+]2CC[NH+](Cc3ccccc3)CC2)nc2c1c(=O)n(C)c(=O)n2C. The van der Waals surface area contributed by atoms with Gasteiger partial charge in [-0.3, -0.25) is 13.9 Å². The number of fused-ring (bicyclic) bond motifs is 1. The first kappa shape index (κ1) is 19.6. The molecule has 154 valence electrons. The molecule has 0 atom stereocenters. The molecule has 8 nitrogen and oxygen atoms in total. The summed E-state index contributed by atoms with van der Waals surface area (Å²) in [6.07, 6.45) is 0. The van der Waals surface area contributed by atoms with Crippen molar-refractivity contribution in [2.75, 3.05) is 26.2 Å². The van der Waals surface area contributed by atoms with Gasteiger partial charge in [-0.05, 0) is 6.92 Å². The Labute approximate surface area is 169 Å². The molecule has 4 rings (SSSR count). The van der Waals surface area contributed by atoms with Crippen LogP contribution in [-0.4, -0.2) is 44.9 Å². The molecule has 8 heteroatoms. The van der Waals surface area contributed by atoms with Crippen LogP contribution in [0, 0.1) is 0 Å². The monoisotopic (exact) mass is 398 g/mol. The van der Waals surface area contributed by atoms with Crippen LogP contribution in [0.5, 0.6) is 0 Å². The molecule has 1 fully saturated rings. The van der Waals surface area contributed by atoms with Gasteiger partial charge < -0.3 is 14.4 Å². The maximum Gasteiger partial charge on any atom is 0.332 e. The lowest BCUT2D eigenvalue weighted by Crippen LogP contribution is -3.27. The zero-order valence-electron chi connectivity index (χ0n) is 17.4. The van der Waals surface area contributed by atoms with Crippen LogP contribution >= 0.6 is 0 Å². The van der Waals surface area contributed by atoms with Crippen LogP contribution in [0.25, 0.3) is 11.2 Å². The highest BCUT2D eigenvalue weighted by Crippen LogP contribution is 2.10. The van der Waals surface area contributed by atoms with Crippen LogP contribution in [0.1, 0.15) is 18.3 Å². The number of aromatic nitrogens is 4. The highest BCUT2D eigenvalue weighted by molar-refractivity contribution is 5.71. The van der Waals surface area contributed by atoms with E-state index >= 15 is 0 Å². The Balaban J connectivity index is 1.52. The van der Waals surface area contributed by atoms with Gasteiger partial charge in [-0.1, -0.05) is 30.3 Å². The van der Waals surface area contributed by atoms with Gasteiger partial charge >= 0.3 is 5.69 Å².